The van der Waals surface area contributed by atoms with Crippen molar-refractivity contribution in [3.63, 3.8) is 0 Å². The molecule has 38 nitrogen and oxygen atoms in total. The fraction of sp³-hybridized carbons (Fsp3) is 0.523. The Bertz CT molecular complexity index is 3650. The highest BCUT2D eigenvalue weighted by Crippen LogP contribution is 2.23. The van der Waals surface area contributed by atoms with Gasteiger partial charge in [0.2, 0.25) is 5.91 Å². The molecule has 556 valence electrons. The Balaban J connectivity index is 0.000000174. The number of amides is 1. The molecule has 0 spiro atoms. The second-order valence-corrected chi connectivity index (χ2v) is 24.2. The number of aromatic carboxylic acids is 6. The molecule has 0 radical (unpaired) electrons. The molecule has 11 N–H and O–H groups in total. The Morgan fingerprint density at radius 3 is 1.21 bits per heavy atom. The van der Waals surface area contributed by atoms with E-state index < -0.39 is 35.8 Å². The van der Waals surface area contributed by atoms with Crippen LogP contribution in [0.5, 0.6) is 0 Å². The monoisotopic (exact) mass is 1440 g/mol. The number of aliphatic hydroxyl groups is 3. The number of β-amino-alcohol motifs (C(OH)–C–C–N with tert-alkyl or cyclic N) is 2. The zero-order chi connectivity index (χ0) is 74.2. The predicted octanol–water partition coefficient (Wildman–Crippen LogP) is 1.63. The van der Waals surface area contributed by atoms with Crippen LogP contribution in [-0.2, 0) is 9.53 Å². The van der Waals surface area contributed by atoms with Crippen molar-refractivity contribution in [2.24, 2.45) is 0 Å². The van der Waals surface area contributed by atoms with Crippen LogP contribution in [0.15, 0.2) is 74.4 Å². The maximum absolute atomic E-state index is 11.4. The average molecular weight is 1440 g/mol. The lowest BCUT2D eigenvalue weighted by molar-refractivity contribution is -0.127. The Kier molecular flexibility index (Phi) is 31.9. The topological polar surface area (TPSA) is 512 Å². The largest absolute Gasteiger partial charge is 0.477 e. The van der Waals surface area contributed by atoms with Gasteiger partial charge in [-0.15, -0.1) is 0 Å². The smallest absolute Gasteiger partial charge is 0.354 e. The van der Waals surface area contributed by atoms with Gasteiger partial charge in [-0.05, 0) is 78.3 Å². The van der Waals surface area contributed by atoms with Crippen LogP contribution >= 0.6 is 0 Å². The van der Waals surface area contributed by atoms with E-state index in [4.69, 9.17) is 35.4 Å². The number of rotatable bonds is 23. The fourth-order valence-electron chi connectivity index (χ4n) is 11.4. The van der Waals surface area contributed by atoms with E-state index >= 15 is 0 Å². The summed E-state index contributed by atoms with van der Waals surface area (Å²) in [6.07, 6.45) is 15.2. The molecule has 6 aliphatic rings. The van der Waals surface area contributed by atoms with E-state index in [0.717, 1.165) is 84.8 Å². The molecule has 6 fully saturated rings. The predicted molar refractivity (Wildman–Crippen MR) is 370 cm³/mol. The quantitative estimate of drug-likeness (QED) is 0.0406. The van der Waals surface area contributed by atoms with Crippen molar-refractivity contribution in [3.05, 3.63) is 109 Å². The van der Waals surface area contributed by atoms with Crippen LogP contribution in [-0.4, -0.2) is 312 Å². The number of aliphatic hydroxyl groups excluding tert-OH is 3. The lowest BCUT2D eigenvalue weighted by Gasteiger charge is -2.35. The van der Waals surface area contributed by atoms with Crippen molar-refractivity contribution in [1.29, 1.82) is 0 Å². The molecule has 38 heteroatoms. The molecule has 6 saturated heterocycles. The van der Waals surface area contributed by atoms with Crippen molar-refractivity contribution in [2.75, 3.05) is 155 Å². The summed E-state index contributed by atoms with van der Waals surface area (Å²) in [5.41, 5.74) is -0.0367. The van der Waals surface area contributed by atoms with Crippen LogP contribution in [0.3, 0.4) is 0 Å². The van der Waals surface area contributed by atoms with Crippen molar-refractivity contribution in [2.45, 2.75) is 95.5 Å². The van der Waals surface area contributed by atoms with E-state index in [-0.39, 0.29) is 58.4 Å². The summed E-state index contributed by atoms with van der Waals surface area (Å²) >= 11 is 0. The number of ether oxygens (including phenoxy) is 1. The van der Waals surface area contributed by atoms with Crippen LogP contribution in [0.2, 0.25) is 0 Å². The normalized spacial score (nSPS) is 18.1. The number of hydrogen-bond acceptors (Lipinski definition) is 31. The number of carbonyl (C=O) groups excluding carboxylic acids is 1. The molecule has 6 aliphatic heterocycles. The summed E-state index contributed by atoms with van der Waals surface area (Å²) in [4.78, 5) is 136. The Labute approximate surface area is 592 Å². The molecule has 12 heterocycles. The molecule has 0 aromatic carbocycles. The summed E-state index contributed by atoms with van der Waals surface area (Å²) < 4.78 is 5.35. The van der Waals surface area contributed by atoms with Crippen LogP contribution < -0.4 is 30.2 Å². The van der Waals surface area contributed by atoms with Gasteiger partial charge in [-0.3, -0.25) is 9.69 Å². The number of hydrogen-bond donors (Lipinski definition) is 11. The molecule has 1 unspecified atom stereocenters. The van der Waals surface area contributed by atoms with Crippen molar-refractivity contribution in [1.82, 2.24) is 74.5 Å². The van der Waals surface area contributed by atoms with Crippen LogP contribution in [0, 0.1) is 0 Å². The second-order valence-electron chi connectivity index (χ2n) is 24.2. The first-order valence-corrected chi connectivity index (χ1v) is 33.7. The Morgan fingerprint density at radius 2 is 0.835 bits per heavy atom. The first kappa shape index (κ1) is 79.7. The number of anilines is 6. The van der Waals surface area contributed by atoms with Crippen LogP contribution in [0.4, 0.5) is 34.9 Å². The molecule has 1 amide bonds. The van der Waals surface area contributed by atoms with Gasteiger partial charge in [-0.25, -0.2) is 88.6 Å². The van der Waals surface area contributed by atoms with Gasteiger partial charge in [0.1, 0.15) is 72.9 Å². The SMILES string of the molecule is CCOCCN1CCN(c2cc(C(=O)O)ncn2)CC1.CN1CCCC1CCNc1cc(C(=O)O)ncn1.O=C(O)c1cc(N2CCC(O)CC2)ncn1.O=C(O)c1cc(N2CC[C@@H](O)C2)ncn1.O=C(O)c1cc(N2CC[C@H](O)C2)ncn1.O=C(O)c1cc(NCCCN2CCCC2=O)ncn1. The van der Waals surface area contributed by atoms with E-state index in [0.29, 0.717) is 119 Å². The molecule has 3 atom stereocenters. The molecular formula is C65H89N21O17. The molecule has 0 saturated carbocycles. The maximum Gasteiger partial charge on any atom is 0.354 e. The highest BCUT2D eigenvalue weighted by molar-refractivity contribution is 5.88. The Hall–Kier alpha value is -10.7. The number of aromatic nitrogens is 12. The van der Waals surface area contributed by atoms with Gasteiger partial charge in [0.25, 0.3) is 0 Å². The van der Waals surface area contributed by atoms with Gasteiger partial charge in [-0.2, -0.15) is 0 Å². The van der Waals surface area contributed by atoms with E-state index in [2.05, 4.69) is 92.2 Å². The van der Waals surface area contributed by atoms with Crippen molar-refractivity contribution < 1.29 is 84.3 Å². The number of nitrogens with zero attached hydrogens (tertiary/aromatic N) is 19. The zero-order valence-electron chi connectivity index (χ0n) is 57.3. The summed E-state index contributed by atoms with van der Waals surface area (Å²) in [5.74, 6) is -2.65. The number of piperidine rings is 1. The first-order chi connectivity index (χ1) is 49.5. The highest BCUT2D eigenvalue weighted by atomic mass is 16.5. The minimum atomic E-state index is -1.08. The summed E-state index contributed by atoms with van der Waals surface area (Å²) in [5, 5.41) is 87.1. The van der Waals surface area contributed by atoms with Gasteiger partial charge in [0.15, 0.2) is 34.2 Å². The lowest BCUT2D eigenvalue weighted by Crippen LogP contribution is -2.47. The Morgan fingerprint density at radius 1 is 0.447 bits per heavy atom. The van der Waals surface area contributed by atoms with Gasteiger partial charge in [-0.1, -0.05) is 0 Å². The third-order valence-electron chi connectivity index (χ3n) is 17.0. The minimum Gasteiger partial charge on any atom is -0.477 e. The van der Waals surface area contributed by atoms with E-state index in [1.54, 1.807) is 0 Å². The number of likely N-dealkylation sites (tertiary alicyclic amines) is 2. The number of nitrogens with one attached hydrogen (secondary N) is 2. The van der Waals surface area contributed by atoms with Crippen LogP contribution in [0.25, 0.3) is 0 Å². The number of carbonyl (C=O) groups is 7. The van der Waals surface area contributed by atoms with E-state index in [9.17, 15) is 48.9 Å². The average Bonchev–Trinajstić information content (AvgIpc) is 1.83. The molecule has 6 aromatic heterocycles. The number of piperazine rings is 1. The van der Waals surface area contributed by atoms with Gasteiger partial charge in [0, 0.05) is 154 Å². The zero-order valence-corrected chi connectivity index (χ0v) is 57.3. The minimum absolute atomic E-state index is 0.00359. The molecule has 0 aliphatic carbocycles. The maximum atomic E-state index is 11.4. The molecule has 12 rings (SSSR count). The fourth-order valence-corrected chi connectivity index (χ4v) is 11.4. The number of carboxylic acid groups (broad SMARTS) is 6. The first-order valence-electron chi connectivity index (χ1n) is 33.7. The van der Waals surface area contributed by atoms with Gasteiger partial charge < -0.3 is 90.7 Å². The van der Waals surface area contributed by atoms with Crippen molar-refractivity contribution in [3.8, 4) is 0 Å². The summed E-state index contributed by atoms with van der Waals surface area (Å²) in [7, 11) is 2.14. The van der Waals surface area contributed by atoms with Gasteiger partial charge in [0.05, 0.1) is 24.9 Å². The summed E-state index contributed by atoms with van der Waals surface area (Å²) in [6, 6.07) is 9.29. The summed E-state index contributed by atoms with van der Waals surface area (Å²) in [6.45, 7) is 15.9. The standard InChI is InChI=1S/C13H20N4O3.C12H16N4O3.C12H18N4O2.C10H13N3O3.2C9H11N3O3/c1-2-20-8-7-16-3-5-17(6-4-16)12-9-11(13(18)19)14-10-15-12;17-11-3-1-5-16(11)6-2-4-13-10-7-9(12(18)19)14-8-15-10;1-16-6-2-3-9(16)4-5-13-11-7-10(12(17)18)14-8-15-11;14-7-1-3-13(4-2-7)9-5-8(10(15)16)11-6-12-9;2*13-6-1-2-12(4-6)8-3-7(9(14)15)10-5-11-8/h9-10H,2-8H2,1H3,(H,18,19);7-8H,1-6H2,(H,18,19)(H,13,14,15);7-9H,2-6H2,1H3,(H,17,18)(H,13,14,15);5-7,14H,1-4H2,(H,15,16);2*3,5-6,13H,1-2,4H2,(H,14,15)/t;;;;2*6-/m....10/s1. The molecular weight excluding hydrogens is 1350 g/mol. The van der Waals surface area contributed by atoms with E-state index in [1.807, 2.05) is 26.5 Å². The number of carboxylic acids is 6. The molecule has 0 bridgehead atoms. The van der Waals surface area contributed by atoms with E-state index in [1.165, 1.54) is 93.7 Å². The second kappa shape index (κ2) is 41.3. The highest BCUT2D eigenvalue weighted by Gasteiger charge is 2.26. The van der Waals surface area contributed by atoms with Crippen LogP contribution in [0.1, 0.15) is 134 Å². The van der Waals surface area contributed by atoms with Gasteiger partial charge >= 0.3 is 35.8 Å². The third-order valence-corrected chi connectivity index (χ3v) is 17.0. The molecule has 6 aromatic rings. The lowest BCUT2D eigenvalue weighted by atomic mass is 10.1. The molecule has 103 heavy (non-hydrogen) atoms. The van der Waals surface area contributed by atoms with Crippen molar-refractivity contribution >= 4 is 76.6 Å². The third kappa shape index (κ3) is 26.7.